The number of likely N-dealkylation sites (tertiary alicyclic amines) is 1. The number of carbonyl (C=O) groups is 2. The molecule has 1 fully saturated rings. The maximum absolute atomic E-state index is 13.1. The molecule has 2 aromatic rings. The first-order valence-electron chi connectivity index (χ1n) is 11.0. The van der Waals surface area contributed by atoms with Gasteiger partial charge in [0.05, 0.1) is 12.6 Å². The lowest BCUT2D eigenvalue weighted by molar-refractivity contribution is -0.134. The van der Waals surface area contributed by atoms with Crippen molar-refractivity contribution in [3.8, 4) is 11.5 Å². The number of carbonyl (C=O) groups excluding carboxylic acids is 2. The summed E-state index contributed by atoms with van der Waals surface area (Å²) in [6, 6.07) is 15.0. The number of piperidine rings is 1. The molecule has 1 saturated heterocycles. The van der Waals surface area contributed by atoms with Gasteiger partial charge in [-0.1, -0.05) is 30.3 Å². The smallest absolute Gasteiger partial charge is 0.260 e. The second kappa shape index (κ2) is 10.8. The molecule has 2 amide bonds. The van der Waals surface area contributed by atoms with Gasteiger partial charge in [0.1, 0.15) is 0 Å². The number of hydrogen-bond donors (Lipinski definition) is 0. The molecule has 1 atom stereocenters. The molecule has 1 aliphatic heterocycles. The monoisotopic (exact) mass is 424 g/mol. The lowest BCUT2D eigenvalue weighted by Crippen LogP contribution is -2.38. The third-order valence-corrected chi connectivity index (χ3v) is 5.73. The SMILES string of the molecule is CCOc1cc(C(=O)N(C)C(C)c2ccccc2)ccc1OCC(=O)N1CCCCC1. The molecule has 0 aliphatic carbocycles. The van der Waals surface area contributed by atoms with Gasteiger partial charge in [0.2, 0.25) is 0 Å². The van der Waals surface area contributed by atoms with E-state index in [2.05, 4.69) is 0 Å². The van der Waals surface area contributed by atoms with Crippen LogP contribution in [0.2, 0.25) is 0 Å². The second-order valence-electron chi connectivity index (χ2n) is 7.83. The van der Waals surface area contributed by atoms with Gasteiger partial charge in [-0.2, -0.15) is 0 Å². The van der Waals surface area contributed by atoms with Crippen molar-refractivity contribution < 1.29 is 19.1 Å². The highest BCUT2D eigenvalue weighted by Crippen LogP contribution is 2.30. The molecule has 1 aliphatic rings. The molecular weight excluding hydrogens is 392 g/mol. The summed E-state index contributed by atoms with van der Waals surface area (Å²) in [5, 5.41) is 0. The first kappa shape index (κ1) is 22.7. The highest BCUT2D eigenvalue weighted by atomic mass is 16.5. The van der Waals surface area contributed by atoms with Gasteiger partial charge in [0, 0.05) is 25.7 Å². The van der Waals surface area contributed by atoms with Crippen LogP contribution in [0.4, 0.5) is 0 Å². The van der Waals surface area contributed by atoms with Crippen molar-refractivity contribution in [1.29, 1.82) is 0 Å². The Labute approximate surface area is 184 Å². The predicted molar refractivity (Wildman–Crippen MR) is 120 cm³/mol. The van der Waals surface area contributed by atoms with Crippen molar-refractivity contribution in [2.45, 2.75) is 39.2 Å². The van der Waals surface area contributed by atoms with Crippen molar-refractivity contribution in [3.05, 3.63) is 59.7 Å². The highest BCUT2D eigenvalue weighted by molar-refractivity contribution is 5.95. The molecule has 1 unspecified atom stereocenters. The van der Waals surface area contributed by atoms with E-state index in [1.54, 1.807) is 30.1 Å². The van der Waals surface area contributed by atoms with E-state index in [4.69, 9.17) is 9.47 Å². The molecule has 1 heterocycles. The Hall–Kier alpha value is -3.02. The predicted octanol–water partition coefficient (Wildman–Crippen LogP) is 4.31. The van der Waals surface area contributed by atoms with Crippen LogP contribution in [-0.4, -0.2) is 55.0 Å². The molecular formula is C25H32N2O4. The second-order valence-corrected chi connectivity index (χ2v) is 7.83. The summed E-state index contributed by atoms with van der Waals surface area (Å²) in [4.78, 5) is 29.0. The molecule has 0 radical (unpaired) electrons. The van der Waals surface area contributed by atoms with Crippen LogP contribution in [0, 0.1) is 0 Å². The highest BCUT2D eigenvalue weighted by Gasteiger charge is 2.21. The quantitative estimate of drug-likeness (QED) is 0.634. The van der Waals surface area contributed by atoms with E-state index in [9.17, 15) is 9.59 Å². The molecule has 6 nitrogen and oxygen atoms in total. The molecule has 2 aromatic carbocycles. The van der Waals surface area contributed by atoms with Crippen LogP contribution < -0.4 is 9.47 Å². The van der Waals surface area contributed by atoms with E-state index in [0.717, 1.165) is 31.5 Å². The molecule has 3 rings (SSSR count). The Morgan fingerprint density at radius 2 is 1.71 bits per heavy atom. The normalized spacial score (nSPS) is 14.6. The first-order valence-corrected chi connectivity index (χ1v) is 11.0. The summed E-state index contributed by atoms with van der Waals surface area (Å²) >= 11 is 0. The zero-order valence-electron chi connectivity index (χ0n) is 18.7. The summed E-state index contributed by atoms with van der Waals surface area (Å²) < 4.78 is 11.5. The van der Waals surface area contributed by atoms with E-state index < -0.39 is 0 Å². The third kappa shape index (κ3) is 5.78. The van der Waals surface area contributed by atoms with Gasteiger partial charge in [-0.25, -0.2) is 0 Å². The van der Waals surface area contributed by atoms with E-state index in [1.165, 1.54) is 6.42 Å². The lowest BCUT2D eigenvalue weighted by atomic mass is 10.1. The van der Waals surface area contributed by atoms with Gasteiger partial charge in [0.15, 0.2) is 18.1 Å². The van der Waals surface area contributed by atoms with Gasteiger partial charge < -0.3 is 19.3 Å². The number of amides is 2. The van der Waals surface area contributed by atoms with Crippen LogP contribution in [0.3, 0.4) is 0 Å². The summed E-state index contributed by atoms with van der Waals surface area (Å²) in [5.41, 5.74) is 1.59. The zero-order valence-corrected chi connectivity index (χ0v) is 18.7. The fraction of sp³-hybridized carbons (Fsp3) is 0.440. The molecule has 0 spiro atoms. The lowest BCUT2D eigenvalue weighted by Gasteiger charge is -2.27. The van der Waals surface area contributed by atoms with E-state index in [-0.39, 0.29) is 24.5 Å². The Morgan fingerprint density at radius 3 is 2.39 bits per heavy atom. The minimum Gasteiger partial charge on any atom is -0.490 e. The van der Waals surface area contributed by atoms with Gasteiger partial charge in [0.25, 0.3) is 11.8 Å². The number of nitrogens with zero attached hydrogens (tertiary/aromatic N) is 2. The Morgan fingerprint density at radius 1 is 1.00 bits per heavy atom. The molecule has 0 aromatic heterocycles. The topological polar surface area (TPSA) is 59.1 Å². The number of rotatable bonds is 8. The minimum atomic E-state index is -0.103. The van der Waals surface area contributed by atoms with E-state index in [1.807, 2.05) is 49.1 Å². The van der Waals surface area contributed by atoms with E-state index >= 15 is 0 Å². The largest absolute Gasteiger partial charge is 0.490 e. The van der Waals surface area contributed by atoms with Crippen LogP contribution in [0.5, 0.6) is 11.5 Å². The zero-order chi connectivity index (χ0) is 22.2. The molecule has 0 N–H and O–H groups in total. The summed E-state index contributed by atoms with van der Waals surface area (Å²) in [6.07, 6.45) is 3.26. The average Bonchev–Trinajstić information content (AvgIpc) is 2.83. The van der Waals surface area contributed by atoms with Crippen molar-refractivity contribution >= 4 is 11.8 Å². The van der Waals surface area contributed by atoms with Crippen LogP contribution in [0.25, 0.3) is 0 Å². The van der Waals surface area contributed by atoms with Crippen molar-refractivity contribution in [3.63, 3.8) is 0 Å². The van der Waals surface area contributed by atoms with Crippen LogP contribution in [0.1, 0.15) is 55.1 Å². The Balaban J connectivity index is 1.70. The Bertz CT molecular complexity index is 878. The van der Waals surface area contributed by atoms with Gasteiger partial charge in [-0.15, -0.1) is 0 Å². The van der Waals surface area contributed by atoms with Crippen LogP contribution in [-0.2, 0) is 4.79 Å². The van der Waals surface area contributed by atoms with Crippen molar-refractivity contribution in [2.24, 2.45) is 0 Å². The van der Waals surface area contributed by atoms with Crippen LogP contribution in [0.15, 0.2) is 48.5 Å². The molecule has 0 saturated carbocycles. The minimum absolute atomic E-state index is 0.0151. The van der Waals surface area contributed by atoms with Crippen molar-refractivity contribution in [2.75, 3.05) is 33.4 Å². The maximum Gasteiger partial charge on any atom is 0.260 e. The fourth-order valence-electron chi connectivity index (χ4n) is 3.74. The molecule has 6 heteroatoms. The van der Waals surface area contributed by atoms with E-state index in [0.29, 0.717) is 23.7 Å². The van der Waals surface area contributed by atoms with Gasteiger partial charge in [-0.3, -0.25) is 9.59 Å². The first-order chi connectivity index (χ1) is 15.0. The number of ether oxygens (including phenoxy) is 2. The number of hydrogen-bond acceptors (Lipinski definition) is 4. The maximum atomic E-state index is 13.1. The van der Waals surface area contributed by atoms with Gasteiger partial charge in [-0.05, 0) is 56.9 Å². The molecule has 0 bridgehead atoms. The van der Waals surface area contributed by atoms with Crippen molar-refractivity contribution in [1.82, 2.24) is 9.80 Å². The summed E-state index contributed by atoms with van der Waals surface area (Å²) in [7, 11) is 1.79. The number of benzene rings is 2. The molecule has 166 valence electrons. The summed E-state index contributed by atoms with van der Waals surface area (Å²) in [5.74, 6) is 0.829. The van der Waals surface area contributed by atoms with Crippen LogP contribution >= 0.6 is 0 Å². The van der Waals surface area contributed by atoms with Gasteiger partial charge >= 0.3 is 0 Å². The standard InChI is InChI=1S/C25H32N2O4/c1-4-30-23-17-21(25(29)26(3)19(2)20-11-7-5-8-12-20)13-14-22(23)31-18-24(28)27-15-9-6-10-16-27/h5,7-8,11-14,17,19H,4,6,9-10,15-16,18H2,1-3H3. The summed E-state index contributed by atoms with van der Waals surface area (Å²) in [6.45, 7) is 5.86. The Kier molecular flexibility index (Phi) is 7.93. The third-order valence-electron chi connectivity index (χ3n) is 5.73. The fourth-order valence-corrected chi connectivity index (χ4v) is 3.74. The average molecular weight is 425 g/mol. The molecule has 31 heavy (non-hydrogen) atoms.